The molecule has 0 bridgehead atoms. The standard InChI is InChI=1S/C14H22BrN3/c1-9(2)14-16-11(4)7-13(17-14)18-6-5-10(3)12(15)8-18/h7,9-10,12H,5-6,8H2,1-4H3. The zero-order valence-electron chi connectivity index (χ0n) is 11.7. The minimum atomic E-state index is 0.382. The summed E-state index contributed by atoms with van der Waals surface area (Å²) in [4.78, 5) is 12.2. The number of nitrogens with zero attached hydrogens (tertiary/aromatic N) is 3. The highest BCUT2D eigenvalue weighted by Crippen LogP contribution is 2.27. The van der Waals surface area contributed by atoms with Crippen molar-refractivity contribution in [3.63, 3.8) is 0 Å². The van der Waals surface area contributed by atoms with Crippen LogP contribution in [-0.4, -0.2) is 27.9 Å². The SMILES string of the molecule is Cc1cc(N2CCC(C)C(Br)C2)nc(C(C)C)n1. The average molecular weight is 312 g/mol. The summed E-state index contributed by atoms with van der Waals surface area (Å²) in [6, 6.07) is 2.10. The third kappa shape index (κ3) is 3.02. The van der Waals surface area contributed by atoms with Crippen LogP contribution < -0.4 is 4.90 Å². The molecule has 1 aliphatic rings. The average Bonchev–Trinajstić information content (AvgIpc) is 2.31. The Morgan fingerprint density at radius 1 is 1.39 bits per heavy atom. The van der Waals surface area contributed by atoms with Gasteiger partial charge in [0.25, 0.3) is 0 Å². The van der Waals surface area contributed by atoms with Crippen LogP contribution in [0, 0.1) is 12.8 Å². The lowest BCUT2D eigenvalue weighted by Crippen LogP contribution is -2.40. The van der Waals surface area contributed by atoms with Gasteiger partial charge in [-0.1, -0.05) is 36.7 Å². The lowest BCUT2D eigenvalue weighted by atomic mass is 9.99. The molecular weight excluding hydrogens is 290 g/mol. The van der Waals surface area contributed by atoms with E-state index >= 15 is 0 Å². The summed E-state index contributed by atoms with van der Waals surface area (Å²) < 4.78 is 0. The second-order valence-corrected chi connectivity index (χ2v) is 6.78. The Kier molecular flexibility index (Phi) is 4.25. The number of rotatable bonds is 2. The molecule has 2 heterocycles. The topological polar surface area (TPSA) is 29.0 Å². The normalized spacial score (nSPS) is 24.7. The van der Waals surface area contributed by atoms with E-state index in [4.69, 9.17) is 4.98 Å². The maximum absolute atomic E-state index is 4.71. The highest BCUT2D eigenvalue weighted by molar-refractivity contribution is 9.09. The van der Waals surface area contributed by atoms with E-state index in [9.17, 15) is 0 Å². The number of aryl methyl sites for hydroxylation is 1. The summed E-state index contributed by atoms with van der Waals surface area (Å²) in [5.74, 6) is 3.16. The molecule has 0 aliphatic carbocycles. The van der Waals surface area contributed by atoms with Gasteiger partial charge in [-0.25, -0.2) is 9.97 Å². The molecule has 0 aromatic carbocycles. The smallest absolute Gasteiger partial charge is 0.133 e. The van der Waals surface area contributed by atoms with Gasteiger partial charge in [-0.15, -0.1) is 0 Å². The summed E-state index contributed by atoms with van der Waals surface area (Å²) >= 11 is 3.77. The Labute approximate surface area is 118 Å². The fourth-order valence-electron chi connectivity index (χ4n) is 2.22. The van der Waals surface area contributed by atoms with Gasteiger partial charge in [0.1, 0.15) is 11.6 Å². The minimum Gasteiger partial charge on any atom is -0.355 e. The molecule has 2 unspecified atom stereocenters. The Morgan fingerprint density at radius 3 is 2.72 bits per heavy atom. The summed E-state index contributed by atoms with van der Waals surface area (Å²) in [5.41, 5.74) is 1.06. The molecule has 1 aromatic rings. The van der Waals surface area contributed by atoms with Crippen LogP contribution in [0.3, 0.4) is 0 Å². The van der Waals surface area contributed by atoms with Crippen molar-refractivity contribution in [2.75, 3.05) is 18.0 Å². The number of aromatic nitrogens is 2. The van der Waals surface area contributed by atoms with E-state index in [-0.39, 0.29) is 0 Å². The second-order valence-electron chi connectivity index (χ2n) is 5.61. The van der Waals surface area contributed by atoms with E-state index in [0.29, 0.717) is 10.7 Å². The van der Waals surface area contributed by atoms with E-state index in [1.807, 2.05) is 0 Å². The van der Waals surface area contributed by atoms with Gasteiger partial charge in [-0.3, -0.25) is 0 Å². The van der Waals surface area contributed by atoms with Crippen molar-refractivity contribution in [3.8, 4) is 0 Å². The third-order valence-electron chi connectivity index (χ3n) is 3.56. The van der Waals surface area contributed by atoms with Gasteiger partial charge in [-0.05, 0) is 19.3 Å². The van der Waals surface area contributed by atoms with Gasteiger partial charge in [-0.2, -0.15) is 0 Å². The van der Waals surface area contributed by atoms with Crippen LogP contribution in [0.25, 0.3) is 0 Å². The molecule has 0 spiro atoms. The molecule has 1 fully saturated rings. The molecule has 0 N–H and O–H groups in total. The molecule has 0 amide bonds. The lowest BCUT2D eigenvalue weighted by molar-refractivity contribution is 0.453. The first-order chi connectivity index (χ1) is 8.47. The van der Waals surface area contributed by atoms with E-state index in [0.717, 1.165) is 36.3 Å². The highest BCUT2D eigenvalue weighted by atomic mass is 79.9. The Balaban J connectivity index is 2.23. The van der Waals surface area contributed by atoms with Crippen LogP contribution in [0.5, 0.6) is 0 Å². The van der Waals surface area contributed by atoms with Gasteiger partial charge >= 0.3 is 0 Å². The van der Waals surface area contributed by atoms with Crippen LogP contribution in [0.2, 0.25) is 0 Å². The number of piperidine rings is 1. The van der Waals surface area contributed by atoms with Crippen molar-refractivity contribution in [1.82, 2.24) is 9.97 Å². The van der Waals surface area contributed by atoms with Crippen molar-refractivity contribution in [2.24, 2.45) is 5.92 Å². The first-order valence-electron chi connectivity index (χ1n) is 6.72. The molecule has 18 heavy (non-hydrogen) atoms. The molecule has 1 aromatic heterocycles. The van der Waals surface area contributed by atoms with Crippen molar-refractivity contribution in [2.45, 2.75) is 44.9 Å². The van der Waals surface area contributed by atoms with Crippen molar-refractivity contribution < 1.29 is 0 Å². The molecule has 3 nitrogen and oxygen atoms in total. The van der Waals surface area contributed by atoms with Gasteiger partial charge in [0.15, 0.2) is 0 Å². The molecule has 2 atom stereocenters. The second kappa shape index (κ2) is 5.55. The van der Waals surface area contributed by atoms with Crippen LogP contribution in [0.1, 0.15) is 44.6 Å². The molecular formula is C14H22BrN3. The minimum absolute atomic E-state index is 0.382. The molecule has 0 saturated carbocycles. The summed E-state index contributed by atoms with van der Waals surface area (Å²) in [6.45, 7) is 10.8. The van der Waals surface area contributed by atoms with E-state index < -0.39 is 0 Å². The zero-order chi connectivity index (χ0) is 13.3. The van der Waals surface area contributed by atoms with Crippen LogP contribution in [0.4, 0.5) is 5.82 Å². The number of anilines is 1. The van der Waals surface area contributed by atoms with E-state index in [2.05, 4.69) is 59.6 Å². The van der Waals surface area contributed by atoms with Crippen molar-refractivity contribution >= 4 is 21.7 Å². The van der Waals surface area contributed by atoms with Gasteiger partial charge < -0.3 is 4.90 Å². The molecule has 4 heteroatoms. The Hall–Kier alpha value is -0.640. The summed E-state index contributed by atoms with van der Waals surface area (Å²) in [7, 11) is 0. The molecule has 0 radical (unpaired) electrons. The molecule has 1 saturated heterocycles. The fourth-order valence-corrected chi connectivity index (χ4v) is 2.84. The van der Waals surface area contributed by atoms with Crippen LogP contribution in [-0.2, 0) is 0 Å². The monoisotopic (exact) mass is 311 g/mol. The van der Waals surface area contributed by atoms with E-state index in [1.54, 1.807) is 0 Å². The Morgan fingerprint density at radius 2 is 2.11 bits per heavy atom. The largest absolute Gasteiger partial charge is 0.355 e. The number of alkyl halides is 1. The van der Waals surface area contributed by atoms with Crippen LogP contribution in [0.15, 0.2) is 6.07 Å². The van der Waals surface area contributed by atoms with Crippen molar-refractivity contribution in [1.29, 1.82) is 0 Å². The number of hydrogen-bond donors (Lipinski definition) is 0. The zero-order valence-corrected chi connectivity index (χ0v) is 13.2. The predicted octanol–water partition coefficient (Wildman–Crippen LogP) is 3.52. The molecule has 100 valence electrons. The molecule has 2 rings (SSSR count). The first kappa shape index (κ1) is 13.8. The highest BCUT2D eigenvalue weighted by Gasteiger charge is 2.25. The van der Waals surface area contributed by atoms with Gasteiger partial charge in [0.2, 0.25) is 0 Å². The predicted molar refractivity (Wildman–Crippen MR) is 79.6 cm³/mol. The molecule has 1 aliphatic heterocycles. The maximum Gasteiger partial charge on any atom is 0.133 e. The summed E-state index contributed by atoms with van der Waals surface area (Å²) in [5, 5.41) is 0. The first-order valence-corrected chi connectivity index (χ1v) is 7.63. The third-order valence-corrected chi connectivity index (χ3v) is 4.76. The van der Waals surface area contributed by atoms with Gasteiger partial charge in [0, 0.05) is 35.6 Å². The van der Waals surface area contributed by atoms with E-state index in [1.165, 1.54) is 6.42 Å². The number of hydrogen-bond acceptors (Lipinski definition) is 3. The maximum atomic E-state index is 4.71. The lowest BCUT2D eigenvalue weighted by Gasteiger charge is -2.35. The fraction of sp³-hybridized carbons (Fsp3) is 0.714. The number of halogens is 1. The summed E-state index contributed by atoms with van der Waals surface area (Å²) in [6.07, 6.45) is 1.22. The van der Waals surface area contributed by atoms with Crippen LogP contribution >= 0.6 is 15.9 Å². The van der Waals surface area contributed by atoms with Gasteiger partial charge in [0.05, 0.1) is 0 Å². The quantitative estimate of drug-likeness (QED) is 0.783. The van der Waals surface area contributed by atoms with Crippen molar-refractivity contribution in [3.05, 3.63) is 17.6 Å². The Bertz CT molecular complexity index is 420.